The van der Waals surface area contributed by atoms with Gasteiger partial charge in [-0.2, -0.15) is 0 Å². The molecule has 0 aliphatic heterocycles. The summed E-state index contributed by atoms with van der Waals surface area (Å²) in [6, 6.07) is 0.904. The first kappa shape index (κ1) is 10.6. The minimum Gasteiger partial charge on any atom is -0.491 e. The topological polar surface area (TPSA) is 85.4 Å². The Labute approximate surface area is 93.3 Å². The van der Waals surface area contributed by atoms with Gasteiger partial charge in [0.2, 0.25) is 0 Å². The number of benzene rings is 1. The number of nitrogens with zero attached hydrogens (tertiary/aromatic N) is 1. The second-order valence-corrected chi connectivity index (χ2v) is 4.00. The summed E-state index contributed by atoms with van der Waals surface area (Å²) in [5.74, 6) is -2.08. The van der Waals surface area contributed by atoms with E-state index in [1.165, 1.54) is 7.11 Å². The van der Waals surface area contributed by atoms with Crippen LogP contribution in [-0.2, 0) is 0 Å². The van der Waals surface area contributed by atoms with Crippen molar-refractivity contribution in [1.29, 1.82) is 0 Å². The lowest BCUT2D eigenvalue weighted by Crippen LogP contribution is -1.99. The Hall–Kier alpha value is -1.89. The molecule has 84 valence electrons. The number of rotatable bonds is 2. The highest BCUT2D eigenvalue weighted by Crippen LogP contribution is 2.35. The molecular formula is C9H7FN2O3S. The molecule has 0 atom stereocenters. The number of nitrogens with two attached hydrogens (primary N) is 1. The summed E-state index contributed by atoms with van der Waals surface area (Å²) in [7, 11) is 1.29. The zero-order valence-corrected chi connectivity index (χ0v) is 8.97. The van der Waals surface area contributed by atoms with Gasteiger partial charge in [-0.15, -0.1) is 0 Å². The summed E-state index contributed by atoms with van der Waals surface area (Å²) in [5, 5.41) is 9.08. The van der Waals surface area contributed by atoms with Gasteiger partial charge in [-0.3, -0.25) is 0 Å². The molecule has 7 heteroatoms. The van der Waals surface area contributed by atoms with Gasteiger partial charge in [0.15, 0.2) is 16.7 Å². The van der Waals surface area contributed by atoms with Gasteiger partial charge in [0.1, 0.15) is 5.52 Å². The molecule has 1 aromatic heterocycles. The van der Waals surface area contributed by atoms with E-state index in [1.807, 2.05) is 0 Å². The van der Waals surface area contributed by atoms with E-state index in [9.17, 15) is 9.18 Å². The Morgan fingerprint density at radius 3 is 2.94 bits per heavy atom. The van der Waals surface area contributed by atoms with Crippen molar-refractivity contribution < 1.29 is 19.0 Å². The van der Waals surface area contributed by atoms with Gasteiger partial charge in [-0.1, -0.05) is 11.3 Å². The largest absolute Gasteiger partial charge is 0.491 e. The average molecular weight is 242 g/mol. The van der Waals surface area contributed by atoms with Crippen LogP contribution < -0.4 is 10.5 Å². The predicted octanol–water partition coefficient (Wildman–Crippen LogP) is 1.72. The summed E-state index contributed by atoms with van der Waals surface area (Å²) in [5.41, 5.74) is 5.45. The first-order valence-electron chi connectivity index (χ1n) is 4.20. The third-order valence-electron chi connectivity index (χ3n) is 2.03. The molecule has 0 fully saturated rings. The van der Waals surface area contributed by atoms with E-state index >= 15 is 0 Å². The Bertz CT molecular complexity index is 582. The first-order chi connectivity index (χ1) is 7.54. The molecule has 0 amide bonds. The van der Waals surface area contributed by atoms with Gasteiger partial charge in [-0.05, 0) is 6.07 Å². The second-order valence-electron chi connectivity index (χ2n) is 2.97. The van der Waals surface area contributed by atoms with Gasteiger partial charge >= 0.3 is 5.97 Å². The highest BCUT2D eigenvalue weighted by atomic mass is 32.1. The average Bonchev–Trinajstić information content (AvgIpc) is 2.57. The van der Waals surface area contributed by atoms with E-state index < -0.39 is 11.8 Å². The molecule has 0 saturated carbocycles. The Balaban J connectivity index is 2.90. The van der Waals surface area contributed by atoms with Crippen molar-refractivity contribution in [2.24, 2.45) is 0 Å². The normalized spacial score (nSPS) is 10.6. The maximum Gasteiger partial charge on any atom is 0.337 e. The summed E-state index contributed by atoms with van der Waals surface area (Å²) in [6.45, 7) is 0. The molecule has 1 aromatic carbocycles. The van der Waals surface area contributed by atoms with Gasteiger partial charge < -0.3 is 15.6 Å². The first-order valence-corrected chi connectivity index (χ1v) is 5.02. The van der Waals surface area contributed by atoms with Gasteiger partial charge in [0, 0.05) is 0 Å². The number of anilines is 1. The number of aromatic carboxylic acids is 1. The minimum atomic E-state index is -1.23. The number of nitrogen functional groups attached to an aromatic ring is 1. The van der Waals surface area contributed by atoms with Crippen LogP contribution in [0.5, 0.6) is 5.75 Å². The number of carboxylic acids is 1. The zero-order chi connectivity index (χ0) is 11.9. The number of carbonyl (C=O) groups is 1. The van der Waals surface area contributed by atoms with Crippen molar-refractivity contribution in [2.45, 2.75) is 0 Å². The maximum atomic E-state index is 13.5. The zero-order valence-electron chi connectivity index (χ0n) is 8.15. The highest BCUT2D eigenvalue weighted by Gasteiger charge is 2.20. The molecular weight excluding hydrogens is 235 g/mol. The number of aromatic nitrogens is 1. The second kappa shape index (κ2) is 3.60. The lowest BCUT2D eigenvalue weighted by molar-refractivity contribution is 0.0698. The summed E-state index contributed by atoms with van der Waals surface area (Å²) in [4.78, 5) is 14.8. The molecule has 2 aromatic rings. The Morgan fingerprint density at radius 1 is 1.69 bits per heavy atom. The quantitative estimate of drug-likeness (QED) is 0.837. The Kier molecular flexibility index (Phi) is 2.39. The van der Waals surface area contributed by atoms with Gasteiger partial charge in [-0.25, -0.2) is 14.2 Å². The number of thiazole rings is 1. The molecule has 1 heterocycles. The number of hydrogen-bond donors (Lipinski definition) is 2. The van der Waals surface area contributed by atoms with Gasteiger partial charge in [0.25, 0.3) is 0 Å². The van der Waals surface area contributed by atoms with Crippen LogP contribution in [0.1, 0.15) is 10.4 Å². The maximum absolute atomic E-state index is 13.5. The predicted molar refractivity (Wildman–Crippen MR) is 57.5 cm³/mol. The van der Waals surface area contributed by atoms with Crippen molar-refractivity contribution in [1.82, 2.24) is 4.98 Å². The van der Waals surface area contributed by atoms with E-state index in [1.54, 1.807) is 0 Å². The third kappa shape index (κ3) is 1.45. The van der Waals surface area contributed by atoms with Crippen LogP contribution in [0.15, 0.2) is 6.07 Å². The molecule has 0 saturated heterocycles. The fourth-order valence-electron chi connectivity index (χ4n) is 1.40. The van der Waals surface area contributed by atoms with Crippen LogP contribution in [-0.4, -0.2) is 23.2 Å². The molecule has 0 bridgehead atoms. The minimum absolute atomic E-state index is 0.0899. The lowest BCUT2D eigenvalue weighted by Gasteiger charge is -2.04. The molecule has 0 spiro atoms. The van der Waals surface area contributed by atoms with Crippen LogP contribution in [0.25, 0.3) is 10.2 Å². The molecule has 0 unspecified atom stereocenters. The summed E-state index contributed by atoms with van der Waals surface area (Å²) in [6.07, 6.45) is 0. The SMILES string of the molecule is COc1c(F)cc(C(=O)O)c2sc(N)nc12. The van der Waals surface area contributed by atoms with Crippen molar-refractivity contribution in [2.75, 3.05) is 12.8 Å². The molecule has 0 radical (unpaired) electrons. The highest BCUT2D eigenvalue weighted by molar-refractivity contribution is 7.22. The number of carboxylic acid groups (broad SMARTS) is 1. The van der Waals surface area contributed by atoms with Crippen molar-refractivity contribution in [3.8, 4) is 5.75 Å². The standard InChI is InChI=1S/C9H7FN2O3S/c1-15-6-4(10)2-3(8(13)14)7-5(6)12-9(11)16-7/h2H,1H3,(H2,11,12)(H,13,14). The fourth-order valence-corrected chi connectivity index (χ4v) is 2.23. The Morgan fingerprint density at radius 2 is 2.38 bits per heavy atom. The van der Waals surface area contributed by atoms with E-state index in [0.29, 0.717) is 4.70 Å². The molecule has 5 nitrogen and oxygen atoms in total. The smallest absolute Gasteiger partial charge is 0.337 e. The number of fused-ring (bicyclic) bond motifs is 1. The van der Waals surface area contributed by atoms with E-state index in [2.05, 4.69) is 4.98 Å². The van der Waals surface area contributed by atoms with Crippen LogP contribution in [0.4, 0.5) is 9.52 Å². The number of halogens is 1. The summed E-state index contributed by atoms with van der Waals surface area (Å²) >= 11 is 0.984. The van der Waals surface area contributed by atoms with Crippen molar-refractivity contribution in [3.05, 3.63) is 17.4 Å². The van der Waals surface area contributed by atoms with E-state index in [-0.39, 0.29) is 22.0 Å². The fraction of sp³-hybridized carbons (Fsp3) is 0.111. The molecule has 0 aliphatic carbocycles. The van der Waals surface area contributed by atoms with Crippen molar-refractivity contribution >= 4 is 32.7 Å². The van der Waals surface area contributed by atoms with E-state index in [4.69, 9.17) is 15.6 Å². The van der Waals surface area contributed by atoms with Crippen LogP contribution >= 0.6 is 11.3 Å². The number of methoxy groups -OCH3 is 1. The van der Waals surface area contributed by atoms with E-state index in [0.717, 1.165) is 17.4 Å². The van der Waals surface area contributed by atoms with Crippen molar-refractivity contribution in [3.63, 3.8) is 0 Å². The molecule has 2 rings (SSSR count). The summed E-state index contributed by atoms with van der Waals surface area (Å²) < 4.78 is 18.6. The number of hydrogen-bond acceptors (Lipinski definition) is 5. The monoisotopic (exact) mass is 242 g/mol. The molecule has 3 N–H and O–H groups in total. The van der Waals surface area contributed by atoms with Crippen LogP contribution in [0, 0.1) is 5.82 Å². The molecule has 0 aliphatic rings. The van der Waals surface area contributed by atoms with Gasteiger partial charge in [0.05, 0.1) is 17.4 Å². The third-order valence-corrected chi connectivity index (χ3v) is 2.94. The lowest BCUT2D eigenvalue weighted by atomic mass is 10.2. The number of ether oxygens (including phenoxy) is 1. The molecule has 16 heavy (non-hydrogen) atoms. The van der Waals surface area contributed by atoms with Crippen LogP contribution in [0.3, 0.4) is 0 Å². The van der Waals surface area contributed by atoms with Crippen LogP contribution in [0.2, 0.25) is 0 Å².